The summed E-state index contributed by atoms with van der Waals surface area (Å²) >= 11 is 5.93. The quantitative estimate of drug-likeness (QED) is 0.808. The number of hydrogen-bond donors (Lipinski definition) is 1. The highest BCUT2D eigenvalue weighted by Crippen LogP contribution is 2.15. The molecule has 0 atom stereocenters. The third-order valence-corrected chi connectivity index (χ3v) is 2.29. The number of benzene rings is 1. The van der Waals surface area contributed by atoms with Crippen LogP contribution in [0, 0.1) is 0 Å². The number of nitrogens with one attached hydrogen (secondary N) is 1. The summed E-state index contributed by atoms with van der Waals surface area (Å²) in [5.74, 6) is 0.167. The molecule has 0 aliphatic carbocycles. The summed E-state index contributed by atoms with van der Waals surface area (Å²) in [7, 11) is 0. The van der Waals surface area contributed by atoms with Gasteiger partial charge in [0.15, 0.2) is 5.78 Å². The highest BCUT2D eigenvalue weighted by molar-refractivity contribution is 6.31. The van der Waals surface area contributed by atoms with E-state index in [2.05, 4.69) is 5.32 Å². The molecule has 14 heavy (non-hydrogen) atoms. The number of hydrogen-bond acceptors (Lipinski definition) is 2. The monoisotopic (exact) mass is 211 g/mol. The topological polar surface area (TPSA) is 29.1 Å². The molecule has 0 radical (unpaired) electrons. The highest BCUT2D eigenvalue weighted by Gasteiger charge is 2.05. The van der Waals surface area contributed by atoms with Crippen molar-refractivity contribution < 1.29 is 4.79 Å². The number of halogens is 1. The lowest BCUT2D eigenvalue weighted by atomic mass is 10.1. The van der Waals surface area contributed by atoms with Crippen LogP contribution in [0.1, 0.15) is 12.5 Å². The summed E-state index contributed by atoms with van der Waals surface area (Å²) in [4.78, 5) is 11.4. The molecule has 0 unspecified atom stereocenters. The molecule has 0 heterocycles. The first-order chi connectivity index (χ1) is 6.74. The van der Waals surface area contributed by atoms with Gasteiger partial charge in [-0.1, -0.05) is 36.7 Å². The standard InChI is InChI=1S/C11H14ClNO/c1-2-13-8-10(14)7-9-5-3-4-6-11(9)12/h3-6,13H,2,7-8H2,1H3. The molecule has 2 nitrogen and oxygen atoms in total. The second kappa shape index (κ2) is 5.78. The van der Waals surface area contributed by atoms with Crippen molar-refractivity contribution in [3.63, 3.8) is 0 Å². The number of ketones is 1. The summed E-state index contributed by atoms with van der Waals surface area (Å²) in [6.45, 7) is 3.21. The molecule has 1 N–H and O–H groups in total. The van der Waals surface area contributed by atoms with E-state index in [1.54, 1.807) is 6.07 Å². The van der Waals surface area contributed by atoms with E-state index in [1.165, 1.54) is 0 Å². The maximum Gasteiger partial charge on any atom is 0.151 e. The van der Waals surface area contributed by atoms with E-state index in [0.717, 1.165) is 12.1 Å². The van der Waals surface area contributed by atoms with E-state index in [0.29, 0.717) is 18.0 Å². The van der Waals surface area contributed by atoms with Crippen molar-refractivity contribution in [2.24, 2.45) is 0 Å². The van der Waals surface area contributed by atoms with Crippen molar-refractivity contribution in [3.8, 4) is 0 Å². The van der Waals surface area contributed by atoms with E-state index in [1.807, 2.05) is 25.1 Å². The van der Waals surface area contributed by atoms with E-state index < -0.39 is 0 Å². The molecule has 0 saturated carbocycles. The first-order valence-electron chi connectivity index (χ1n) is 4.70. The van der Waals surface area contributed by atoms with Crippen molar-refractivity contribution in [2.45, 2.75) is 13.3 Å². The summed E-state index contributed by atoms with van der Waals surface area (Å²) < 4.78 is 0. The molecule has 0 spiro atoms. The smallest absolute Gasteiger partial charge is 0.151 e. The van der Waals surface area contributed by atoms with Gasteiger partial charge in [-0.3, -0.25) is 4.79 Å². The Bertz CT molecular complexity index is 312. The van der Waals surface area contributed by atoms with Gasteiger partial charge in [-0.2, -0.15) is 0 Å². The van der Waals surface area contributed by atoms with Crippen molar-refractivity contribution in [1.29, 1.82) is 0 Å². The Hall–Kier alpha value is -0.860. The van der Waals surface area contributed by atoms with Crippen LogP contribution in [-0.4, -0.2) is 18.9 Å². The third-order valence-electron chi connectivity index (χ3n) is 1.92. The van der Waals surface area contributed by atoms with Crippen LogP contribution in [0.25, 0.3) is 0 Å². The first-order valence-corrected chi connectivity index (χ1v) is 5.07. The van der Waals surface area contributed by atoms with Gasteiger partial charge >= 0.3 is 0 Å². The lowest BCUT2D eigenvalue weighted by Crippen LogP contribution is -2.23. The molecule has 0 aliphatic heterocycles. The molecule has 0 aliphatic rings. The molecule has 3 heteroatoms. The van der Waals surface area contributed by atoms with Gasteiger partial charge in [0, 0.05) is 11.4 Å². The van der Waals surface area contributed by atoms with Gasteiger partial charge in [0.05, 0.1) is 6.54 Å². The lowest BCUT2D eigenvalue weighted by Gasteiger charge is -2.03. The van der Waals surface area contributed by atoms with Crippen LogP contribution >= 0.6 is 11.6 Å². The first kappa shape index (κ1) is 11.2. The van der Waals surface area contributed by atoms with Crippen LogP contribution in [0.3, 0.4) is 0 Å². The Morgan fingerprint density at radius 3 is 2.79 bits per heavy atom. The fourth-order valence-electron chi connectivity index (χ4n) is 1.18. The van der Waals surface area contributed by atoms with Gasteiger partial charge in [-0.05, 0) is 18.2 Å². The van der Waals surface area contributed by atoms with Gasteiger partial charge in [0.1, 0.15) is 0 Å². The number of carbonyl (C=O) groups is 1. The maximum absolute atomic E-state index is 11.4. The lowest BCUT2D eigenvalue weighted by molar-refractivity contribution is -0.117. The molecule has 0 amide bonds. The fraction of sp³-hybridized carbons (Fsp3) is 0.364. The van der Waals surface area contributed by atoms with E-state index in [4.69, 9.17) is 11.6 Å². The minimum Gasteiger partial charge on any atom is -0.310 e. The average molecular weight is 212 g/mol. The van der Waals surface area contributed by atoms with Crippen LogP contribution in [0.4, 0.5) is 0 Å². The summed E-state index contributed by atoms with van der Waals surface area (Å²) in [5.41, 5.74) is 0.900. The molecule has 76 valence electrons. The normalized spacial score (nSPS) is 10.1. The molecular weight excluding hydrogens is 198 g/mol. The predicted molar refractivity (Wildman–Crippen MR) is 58.7 cm³/mol. The Morgan fingerprint density at radius 1 is 1.43 bits per heavy atom. The van der Waals surface area contributed by atoms with Gasteiger partial charge < -0.3 is 5.32 Å². The van der Waals surface area contributed by atoms with Crippen LogP contribution < -0.4 is 5.32 Å². The number of carbonyl (C=O) groups excluding carboxylic acids is 1. The SMILES string of the molecule is CCNCC(=O)Cc1ccccc1Cl. The van der Waals surface area contributed by atoms with Crippen LogP contribution in [0.2, 0.25) is 5.02 Å². The minimum absolute atomic E-state index is 0.167. The largest absolute Gasteiger partial charge is 0.310 e. The van der Waals surface area contributed by atoms with Crippen molar-refractivity contribution in [3.05, 3.63) is 34.9 Å². The highest BCUT2D eigenvalue weighted by atomic mass is 35.5. The van der Waals surface area contributed by atoms with Crippen molar-refractivity contribution >= 4 is 17.4 Å². The molecule has 1 aromatic rings. The van der Waals surface area contributed by atoms with Crippen LogP contribution in [0.5, 0.6) is 0 Å². The Balaban J connectivity index is 2.52. The van der Waals surface area contributed by atoms with Crippen molar-refractivity contribution in [2.75, 3.05) is 13.1 Å². The average Bonchev–Trinajstić information content (AvgIpc) is 2.18. The Morgan fingerprint density at radius 2 is 2.14 bits per heavy atom. The maximum atomic E-state index is 11.4. The van der Waals surface area contributed by atoms with Crippen LogP contribution in [0.15, 0.2) is 24.3 Å². The van der Waals surface area contributed by atoms with Gasteiger partial charge in [-0.15, -0.1) is 0 Å². The van der Waals surface area contributed by atoms with E-state index >= 15 is 0 Å². The number of likely N-dealkylation sites (N-methyl/N-ethyl adjacent to an activating group) is 1. The molecule has 1 rings (SSSR count). The molecule has 0 fully saturated rings. The summed E-state index contributed by atoms with van der Waals surface area (Å²) in [5, 5.41) is 3.66. The Kier molecular flexibility index (Phi) is 4.63. The van der Waals surface area contributed by atoms with Gasteiger partial charge in [0.25, 0.3) is 0 Å². The number of Topliss-reactive ketones (excluding diaryl/α,β-unsaturated/α-hetero) is 1. The molecule has 0 saturated heterocycles. The van der Waals surface area contributed by atoms with Gasteiger partial charge in [0.2, 0.25) is 0 Å². The van der Waals surface area contributed by atoms with Crippen molar-refractivity contribution in [1.82, 2.24) is 5.32 Å². The zero-order valence-corrected chi connectivity index (χ0v) is 8.97. The zero-order chi connectivity index (χ0) is 10.4. The van der Waals surface area contributed by atoms with E-state index in [-0.39, 0.29) is 5.78 Å². The molecule has 0 aromatic heterocycles. The minimum atomic E-state index is 0.167. The van der Waals surface area contributed by atoms with E-state index in [9.17, 15) is 4.79 Å². The summed E-state index contributed by atoms with van der Waals surface area (Å²) in [6.07, 6.45) is 0.409. The third kappa shape index (κ3) is 3.48. The second-order valence-corrected chi connectivity index (χ2v) is 3.49. The molecule has 0 bridgehead atoms. The molecule has 1 aromatic carbocycles. The molecular formula is C11H14ClNO. The second-order valence-electron chi connectivity index (χ2n) is 3.09. The summed E-state index contributed by atoms with van der Waals surface area (Å²) in [6, 6.07) is 7.44. The zero-order valence-electron chi connectivity index (χ0n) is 8.22. The van der Waals surface area contributed by atoms with Crippen LogP contribution in [-0.2, 0) is 11.2 Å². The van der Waals surface area contributed by atoms with Gasteiger partial charge in [-0.25, -0.2) is 0 Å². The Labute approximate surface area is 89.3 Å². The fourth-order valence-corrected chi connectivity index (χ4v) is 1.38. The predicted octanol–water partition coefficient (Wildman–Crippen LogP) is 2.06. The number of rotatable bonds is 5.